The third-order valence-electron chi connectivity index (χ3n) is 4.69. The number of aliphatic hydroxyl groups excluding tert-OH is 2. The van der Waals surface area contributed by atoms with E-state index in [4.69, 9.17) is 14.0 Å². The first kappa shape index (κ1) is 27.0. The highest BCUT2D eigenvalue weighted by Gasteiger charge is 2.51. The van der Waals surface area contributed by atoms with Gasteiger partial charge in [-0.1, -0.05) is 39.5 Å². The lowest BCUT2D eigenvalue weighted by molar-refractivity contribution is -0.255. The Bertz CT molecular complexity index is 583. The zero-order valence-corrected chi connectivity index (χ0v) is 18.3. The molecule has 176 valence electrons. The third-order valence-corrected chi connectivity index (χ3v) is 5.21. The summed E-state index contributed by atoms with van der Waals surface area (Å²) >= 11 is 0. The number of carbonyl (C=O) groups excluding carboxylic acids is 2. The van der Waals surface area contributed by atoms with E-state index in [0.29, 0.717) is 12.8 Å². The lowest BCUT2D eigenvalue weighted by Gasteiger charge is -2.43. The maximum absolute atomic E-state index is 12.3. The molecule has 0 saturated carbocycles. The number of phosphoric acid groups is 1. The fourth-order valence-corrected chi connectivity index (χ4v) is 3.74. The number of unbranched alkanes of at least 4 members (excludes halogenated alkanes) is 4. The van der Waals surface area contributed by atoms with Gasteiger partial charge in [-0.2, -0.15) is 0 Å². The van der Waals surface area contributed by atoms with Gasteiger partial charge in [-0.15, -0.1) is 0 Å². The SMILES string of the molecule is CCCCCC(=O)N[C@H]1C(O)O[C@H](CO)[C@@H](OP(=O)(O)O)[C@@H]1OC(=O)CCCCC. The van der Waals surface area contributed by atoms with Crippen LogP contribution in [0.3, 0.4) is 0 Å². The van der Waals surface area contributed by atoms with Crippen molar-refractivity contribution >= 4 is 19.7 Å². The van der Waals surface area contributed by atoms with Crippen LogP contribution in [0.2, 0.25) is 0 Å². The molecule has 1 rings (SSSR count). The summed E-state index contributed by atoms with van der Waals surface area (Å²) in [6.45, 7) is 3.17. The Balaban J connectivity index is 3.04. The van der Waals surface area contributed by atoms with E-state index in [9.17, 15) is 34.2 Å². The molecule has 1 heterocycles. The number of nitrogens with one attached hydrogen (secondary N) is 1. The number of esters is 1. The summed E-state index contributed by atoms with van der Waals surface area (Å²) in [7, 11) is -5.07. The fraction of sp³-hybridized carbons (Fsp3) is 0.889. The zero-order chi connectivity index (χ0) is 22.7. The molecule has 1 aliphatic heterocycles. The zero-order valence-electron chi connectivity index (χ0n) is 17.4. The highest BCUT2D eigenvalue weighted by Crippen LogP contribution is 2.42. The van der Waals surface area contributed by atoms with E-state index in [1.54, 1.807) is 0 Å². The van der Waals surface area contributed by atoms with Gasteiger partial charge in [-0.25, -0.2) is 4.57 Å². The van der Waals surface area contributed by atoms with E-state index in [1.807, 2.05) is 13.8 Å². The Kier molecular flexibility index (Phi) is 12.0. The lowest BCUT2D eigenvalue weighted by Crippen LogP contribution is -2.65. The minimum Gasteiger partial charge on any atom is -0.457 e. The molecular weight excluding hydrogens is 421 g/mol. The van der Waals surface area contributed by atoms with Gasteiger partial charge in [-0.05, 0) is 12.8 Å². The van der Waals surface area contributed by atoms with E-state index in [-0.39, 0.29) is 12.8 Å². The molecule has 1 aliphatic rings. The van der Waals surface area contributed by atoms with Crippen molar-refractivity contribution in [3.8, 4) is 0 Å². The van der Waals surface area contributed by atoms with Crippen LogP contribution < -0.4 is 5.32 Å². The van der Waals surface area contributed by atoms with Crippen molar-refractivity contribution in [1.82, 2.24) is 5.32 Å². The Morgan fingerprint density at radius 3 is 2.17 bits per heavy atom. The van der Waals surface area contributed by atoms with Crippen LogP contribution in [0.15, 0.2) is 0 Å². The first-order valence-electron chi connectivity index (χ1n) is 10.3. The molecule has 1 saturated heterocycles. The predicted octanol–water partition coefficient (Wildman–Crippen LogP) is 0.731. The largest absolute Gasteiger partial charge is 0.470 e. The van der Waals surface area contributed by atoms with E-state index in [2.05, 4.69) is 5.32 Å². The van der Waals surface area contributed by atoms with E-state index < -0.39 is 56.9 Å². The Morgan fingerprint density at radius 2 is 1.63 bits per heavy atom. The molecule has 1 unspecified atom stereocenters. The van der Waals surface area contributed by atoms with Gasteiger partial charge < -0.3 is 34.8 Å². The standard InChI is InChI=1S/C18H34NO10P/c1-3-5-7-9-13(21)19-15-17(28-14(22)10-8-6-4-2)16(29-30(24,25)26)12(11-20)27-18(15)23/h12,15-18,20,23H,3-11H2,1-2H3,(H,19,21)(H2,24,25,26)/t12-,15-,16-,17-,18?/m1/s1. The van der Waals surface area contributed by atoms with Crippen molar-refractivity contribution < 1.29 is 48.2 Å². The molecule has 0 radical (unpaired) electrons. The van der Waals surface area contributed by atoms with E-state index in [1.165, 1.54) is 0 Å². The number of rotatable bonds is 13. The summed E-state index contributed by atoms with van der Waals surface area (Å²) in [5, 5.41) is 22.3. The van der Waals surface area contributed by atoms with Crippen molar-refractivity contribution in [2.75, 3.05) is 6.61 Å². The second kappa shape index (κ2) is 13.4. The van der Waals surface area contributed by atoms with Gasteiger partial charge in [-0.3, -0.25) is 14.1 Å². The molecule has 30 heavy (non-hydrogen) atoms. The van der Waals surface area contributed by atoms with Crippen LogP contribution in [0.4, 0.5) is 0 Å². The average Bonchev–Trinajstić information content (AvgIpc) is 2.66. The first-order chi connectivity index (χ1) is 14.1. The number of hydrogen-bond donors (Lipinski definition) is 5. The predicted molar refractivity (Wildman–Crippen MR) is 105 cm³/mol. The van der Waals surface area contributed by atoms with E-state index >= 15 is 0 Å². The molecule has 0 spiro atoms. The highest BCUT2D eigenvalue weighted by atomic mass is 31.2. The maximum Gasteiger partial charge on any atom is 0.470 e. The Hall–Kier alpha value is -1.07. The fourth-order valence-electron chi connectivity index (χ4n) is 3.17. The van der Waals surface area contributed by atoms with Crippen LogP contribution in [0.5, 0.6) is 0 Å². The topological polar surface area (TPSA) is 172 Å². The van der Waals surface area contributed by atoms with Crippen LogP contribution in [0.1, 0.15) is 65.2 Å². The normalized spacial score (nSPS) is 26.9. The minimum absolute atomic E-state index is 0.0465. The summed E-state index contributed by atoms with van der Waals surface area (Å²) in [5.74, 6) is -1.12. The highest BCUT2D eigenvalue weighted by molar-refractivity contribution is 7.46. The monoisotopic (exact) mass is 455 g/mol. The molecular formula is C18H34NO10P. The number of carbonyl (C=O) groups is 2. The van der Waals surface area contributed by atoms with Gasteiger partial charge in [0.2, 0.25) is 5.91 Å². The van der Waals surface area contributed by atoms with Gasteiger partial charge in [0, 0.05) is 12.8 Å². The van der Waals surface area contributed by atoms with Gasteiger partial charge in [0.15, 0.2) is 12.4 Å². The second-order valence-electron chi connectivity index (χ2n) is 7.27. The molecule has 0 aromatic rings. The van der Waals surface area contributed by atoms with Crippen LogP contribution in [0.25, 0.3) is 0 Å². The summed E-state index contributed by atoms with van der Waals surface area (Å²) < 4.78 is 26.7. The smallest absolute Gasteiger partial charge is 0.457 e. The molecule has 5 N–H and O–H groups in total. The second-order valence-corrected chi connectivity index (χ2v) is 8.46. The molecule has 11 nitrogen and oxygen atoms in total. The van der Waals surface area contributed by atoms with Crippen molar-refractivity contribution in [3.05, 3.63) is 0 Å². The quantitative estimate of drug-likeness (QED) is 0.151. The molecule has 5 atom stereocenters. The van der Waals surface area contributed by atoms with Gasteiger partial charge in [0.25, 0.3) is 0 Å². The van der Waals surface area contributed by atoms with E-state index in [0.717, 1.165) is 25.7 Å². The lowest BCUT2D eigenvalue weighted by atomic mass is 9.96. The maximum atomic E-state index is 12.3. The van der Waals surface area contributed by atoms with Crippen LogP contribution in [-0.2, 0) is 28.2 Å². The summed E-state index contributed by atoms with van der Waals surface area (Å²) in [4.78, 5) is 43.0. The third kappa shape index (κ3) is 9.38. The molecule has 0 aromatic heterocycles. The van der Waals surface area contributed by atoms with Crippen LogP contribution in [0, 0.1) is 0 Å². The minimum atomic E-state index is -5.07. The van der Waals surface area contributed by atoms with Crippen LogP contribution in [-0.4, -0.2) is 69.1 Å². The van der Waals surface area contributed by atoms with Gasteiger partial charge in [0.1, 0.15) is 18.2 Å². The number of phosphoric ester groups is 1. The molecule has 12 heteroatoms. The average molecular weight is 455 g/mol. The van der Waals surface area contributed by atoms with Gasteiger partial charge in [0.05, 0.1) is 6.61 Å². The summed E-state index contributed by atoms with van der Waals surface area (Å²) in [6, 6.07) is -1.33. The van der Waals surface area contributed by atoms with Crippen molar-refractivity contribution in [2.45, 2.75) is 95.9 Å². The van der Waals surface area contributed by atoms with Gasteiger partial charge >= 0.3 is 13.8 Å². The summed E-state index contributed by atoms with van der Waals surface area (Å²) in [5.41, 5.74) is 0. The van der Waals surface area contributed by atoms with Crippen LogP contribution >= 0.6 is 7.82 Å². The Morgan fingerprint density at radius 1 is 1.03 bits per heavy atom. The van der Waals surface area contributed by atoms with Crippen molar-refractivity contribution in [2.24, 2.45) is 0 Å². The number of hydrogen-bond acceptors (Lipinski definition) is 8. The molecule has 0 aromatic carbocycles. The first-order valence-corrected chi connectivity index (χ1v) is 11.8. The van der Waals surface area contributed by atoms with Crippen molar-refractivity contribution in [1.29, 1.82) is 0 Å². The number of aliphatic hydroxyl groups is 2. The molecule has 1 amide bonds. The Labute approximate surface area is 176 Å². The number of amides is 1. The molecule has 0 aliphatic carbocycles. The summed E-state index contributed by atoms with van der Waals surface area (Å²) in [6.07, 6.45) is -1.40. The number of ether oxygens (including phenoxy) is 2. The molecule has 1 fully saturated rings. The molecule has 0 bridgehead atoms. The van der Waals surface area contributed by atoms with Crippen molar-refractivity contribution in [3.63, 3.8) is 0 Å².